The molecule has 0 radical (unpaired) electrons. The lowest BCUT2D eigenvalue weighted by molar-refractivity contribution is 0.424. The smallest absolute Gasteiger partial charge is 0.205 e. The molecule has 0 saturated heterocycles. The van der Waals surface area contributed by atoms with Gasteiger partial charge >= 0.3 is 0 Å². The molecule has 0 aliphatic rings. The summed E-state index contributed by atoms with van der Waals surface area (Å²) in [6, 6.07) is 11.6. The first kappa shape index (κ1) is 10.9. The zero-order valence-electron chi connectivity index (χ0n) is 9.62. The number of H-pyrrole nitrogens is 1. The number of para-hydroxylation sites is 1. The quantitative estimate of drug-likeness (QED) is 0.718. The van der Waals surface area contributed by atoms with Crippen molar-refractivity contribution in [2.75, 3.05) is 0 Å². The van der Waals surface area contributed by atoms with Crippen molar-refractivity contribution >= 4 is 12.2 Å². The Hall–Kier alpha value is -2.21. The molecule has 90 valence electrons. The molecule has 0 amide bonds. The molecule has 0 aliphatic carbocycles. The lowest BCUT2D eigenvalue weighted by atomic mass is 10.3. The van der Waals surface area contributed by atoms with Gasteiger partial charge < -0.3 is 4.52 Å². The number of aromatic amines is 1. The van der Waals surface area contributed by atoms with Crippen molar-refractivity contribution in [2.24, 2.45) is 0 Å². The van der Waals surface area contributed by atoms with Gasteiger partial charge in [0.1, 0.15) is 0 Å². The fraction of sp³-hybridized carbons (Fsp3) is 0.0833. The molecule has 3 aromatic rings. The van der Waals surface area contributed by atoms with E-state index in [1.807, 2.05) is 47.9 Å². The molecule has 2 aromatic heterocycles. The van der Waals surface area contributed by atoms with E-state index in [2.05, 4.69) is 15.4 Å². The summed E-state index contributed by atoms with van der Waals surface area (Å²) in [6.45, 7) is 1.86. The Morgan fingerprint density at radius 1 is 1.28 bits per heavy atom. The second-order valence-electron chi connectivity index (χ2n) is 3.86. The molecule has 1 aromatic carbocycles. The molecule has 2 heterocycles. The maximum atomic E-state index is 5.24. The fourth-order valence-corrected chi connectivity index (χ4v) is 1.99. The maximum absolute atomic E-state index is 5.24. The molecular formula is C12H10N4OS. The van der Waals surface area contributed by atoms with Crippen LogP contribution in [0.3, 0.4) is 0 Å². The third-order valence-electron chi connectivity index (χ3n) is 2.54. The van der Waals surface area contributed by atoms with Gasteiger partial charge in [0.05, 0.1) is 11.4 Å². The maximum Gasteiger partial charge on any atom is 0.205 e. The van der Waals surface area contributed by atoms with Crippen molar-refractivity contribution in [3.05, 3.63) is 46.9 Å². The predicted octanol–water partition coefficient (Wildman–Crippen LogP) is 2.89. The molecule has 18 heavy (non-hydrogen) atoms. The molecule has 0 spiro atoms. The highest BCUT2D eigenvalue weighted by molar-refractivity contribution is 7.71. The van der Waals surface area contributed by atoms with Crippen LogP contribution in [0.4, 0.5) is 0 Å². The Labute approximate surface area is 108 Å². The van der Waals surface area contributed by atoms with Gasteiger partial charge in [-0.05, 0) is 31.3 Å². The summed E-state index contributed by atoms with van der Waals surface area (Å²) in [7, 11) is 0. The predicted molar refractivity (Wildman–Crippen MR) is 69.0 cm³/mol. The SMILES string of the molecule is Cc1cc(-c2n[nH]c(=S)n2-c2ccccc2)on1. The van der Waals surface area contributed by atoms with Crippen LogP contribution in [0.15, 0.2) is 40.9 Å². The van der Waals surface area contributed by atoms with Crippen LogP contribution in [-0.2, 0) is 0 Å². The number of hydrogen-bond donors (Lipinski definition) is 1. The van der Waals surface area contributed by atoms with E-state index in [9.17, 15) is 0 Å². The van der Waals surface area contributed by atoms with E-state index >= 15 is 0 Å². The second-order valence-corrected chi connectivity index (χ2v) is 4.24. The normalized spacial score (nSPS) is 10.7. The monoisotopic (exact) mass is 258 g/mol. The Balaban J connectivity index is 2.22. The lowest BCUT2D eigenvalue weighted by Crippen LogP contribution is -1.96. The van der Waals surface area contributed by atoms with Crippen LogP contribution in [0, 0.1) is 11.7 Å². The summed E-state index contributed by atoms with van der Waals surface area (Å²) >= 11 is 5.24. The molecule has 0 aliphatic heterocycles. The summed E-state index contributed by atoms with van der Waals surface area (Å²) in [5, 5.41) is 10.8. The summed E-state index contributed by atoms with van der Waals surface area (Å²) in [6.07, 6.45) is 0. The van der Waals surface area contributed by atoms with Crippen LogP contribution in [0.25, 0.3) is 17.3 Å². The average molecular weight is 258 g/mol. The number of hydrogen-bond acceptors (Lipinski definition) is 4. The first-order valence-corrected chi connectivity index (χ1v) is 5.83. The van der Waals surface area contributed by atoms with Gasteiger partial charge in [0, 0.05) is 6.07 Å². The van der Waals surface area contributed by atoms with E-state index in [0.29, 0.717) is 16.4 Å². The molecule has 6 heteroatoms. The first-order valence-electron chi connectivity index (χ1n) is 5.42. The van der Waals surface area contributed by atoms with Gasteiger partial charge in [0.15, 0.2) is 4.77 Å². The van der Waals surface area contributed by atoms with Crippen molar-refractivity contribution < 1.29 is 4.52 Å². The van der Waals surface area contributed by atoms with Crippen LogP contribution in [0.1, 0.15) is 5.69 Å². The van der Waals surface area contributed by atoms with E-state index < -0.39 is 0 Å². The third kappa shape index (κ3) is 1.76. The van der Waals surface area contributed by atoms with Crippen LogP contribution in [-0.4, -0.2) is 19.9 Å². The van der Waals surface area contributed by atoms with Gasteiger partial charge in [-0.2, -0.15) is 5.10 Å². The number of nitrogens with zero attached hydrogens (tertiary/aromatic N) is 3. The van der Waals surface area contributed by atoms with E-state index in [1.54, 1.807) is 0 Å². The standard InChI is InChI=1S/C12H10N4OS/c1-8-7-10(17-15-8)11-13-14-12(18)16(11)9-5-3-2-4-6-9/h2-7H,1H3,(H,14,18). The van der Waals surface area contributed by atoms with E-state index in [1.165, 1.54) is 0 Å². The van der Waals surface area contributed by atoms with Crippen LogP contribution in [0.2, 0.25) is 0 Å². The van der Waals surface area contributed by atoms with Gasteiger partial charge in [-0.15, -0.1) is 0 Å². The molecule has 0 fully saturated rings. The number of rotatable bonds is 2. The van der Waals surface area contributed by atoms with Crippen LogP contribution in [0.5, 0.6) is 0 Å². The molecule has 0 saturated carbocycles. The summed E-state index contributed by atoms with van der Waals surface area (Å²) in [5.74, 6) is 1.20. The minimum atomic E-state index is 0.519. The van der Waals surface area contributed by atoms with Gasteiger partial charge in [-0.3, -0.25) is 9.67 Å². The zero-order chi connectivity index (χ0) is 12.5. The van der Waals surface area contributed by atoms with Gasteiger partial charge in [0.2, 0.25) is 11.6 Å². The highest BCUT2D eigenvalue weighted by atomic mass is 32.1. The van der Waals surface area contributed by atoms with E-state index in [4.69, 9.17) is 16.7 Å². The van der Waals surface area contributed by atoms with E-state index in [-0.39, 0.29) is 0 Å². The van der Waals surface area contributed by atoms with Crippen molar-refractivity contribution in [2.45, 2.75) is 6.92 Å². The second kappa shape index (κ2) is 4.23. The summed E-state index contributed by atoms with van der Waals surface area (Å²) < 4.78 is 7.56. The van der Waals surface area contributed by atoms with Gasteiger partial charge in [0.25, 0.3) is 0 Å². The Kier molecular flexibility index (Phi) is 2.56. The highest BCUT2D eigenvalue weighted by Gasteiger charge is 2.14. The zero-order valence-corrected chi connectivity index (χ0v) is 10.4. The summed E-state index contributed by atoms with van der Waals surface area (Å²) in [4.78, 5) is 0. The van der Waals surface area contributed by atoms with Crippen molar-refractivity contribution in [3.8, 4) is 17.3 Å². The number of nitrogens with one attached hydrogen (secondary N) is 1. The summed E-state index contributed by atoms with van der Waals surface area (Å²) in [5.41, 5.74) is 1.74. The Bertz CT molecular complexity index is 726. The minimum Gasteiger partial charge on any atom is -0.353 e. The Morgan fingerprint density at radius 2 is 2.06 bits per heavy atom. The molecule has 0 unspecified atom stereocenters. The third-order valence-corrected chi connectivity index (χ3v) is 2.81. The van der Waals surface area contributed by atoms with Crippen LogP contribution < -0.4 is 0 Å². The van der Waals surface area contributed by atoms with Crippen molar-refractivity contribution in [1.29, 1.82) is 0 Å². The average Bonchev–Trinajstić information content (AvgIpc) is 2.96. The molecule has 0 atom stereocenters. The number of aromatic nitrogens is 4. The topological polar surface area (TPSA) is 59.6 Å². The van der Waals surface area contributed by atoms with Gasteiger partial charge in [-0.1, -0.05) is 23.4 Å². The first-order chi connectivity index (χ1) is 8.75. The van der Waals surface area contributed by atoms with Crippen LogP contribution >= 0.6 is 12.2 Å². The van der Waals surface area contributed by atoms with Gasteiger partial charge in [-0.25, -0.2) is 0 Å². The van der Waals surface area contributed by atoms with Crippen molar-refractivity contribution in [1.82, 2.24) is 19.9 Å². The number of benzene rings is 1. The largest absolute Gasteiger partial charge is 0.353 e. The van der Waals surface area contributed by atoms with E-state index in [0.717, 1.165) is 11.4 Å². The Morgan fingerprint density at radius 3 is 2.72 bits per heavy atom. The molecule has 5 nitrogen and oxygen atoms in total. The lowest BCUT2D eigenvalue weighted by Gasteiger charge is -2.03. The number of aryl methyl sites for hydroxylation is 1. The molecular weight excluding hydrogens is 248 g/mol. The minimum absolute atomic E-state index is 0.519. The molecule has 3 rings (SSSR count). The van der Waals surface area contributed by atoms with Crippen molar-refractivity contribution in [3.63, 3.8) is 0 Å². The molecule has 0 bridgehead atoms. The molecule has 1 N–H and O–H groups in total. The highest BCUT2D eigenvalue weighted by Crippen LogP contribution is 2.21. The fourth-order valence-electron chi connectivity index (χ4n) is 1.75.